The second kappa shape index (κ2) is 6.36. The zero-order chi connectivity index (χ0) is 12.1. The molecule has 94 valence electrons. The van der Waals surface area contributed by atoms with E-state index in [0.717, 1.165) is 17.4 Å². The Labute approximate surface area is 108 Å². The van der Waals surface area contributed by atoms with Crippen molar-refractivity contribution in [3.63, 3.8) is 0 Å². The molecule has 0 amide bonds. The van der Waals surface area contributed by atoms with Crippen LogP contribution in [0.2, 0.25) is 0 Å². The summed E-state index contributed by atoms with van der Waals surface area (Å²) >= 11 is 1.83. The van der Waals surface area contributed by atoms with Crippen molar-refractivity contribution in [3.8, 4) is 0 Å². The van der Waals surface area contributed by atoms with Crippen LogP contribution in [0.15, 0.2) is 23.6 Å². The summed E-state index contributed by atoms with van der Waals surface area (Å²) in [6, 6.07) is 2.30. The molecule has 4 heteroatoms. The van der Waals surface area contributed by atoms with Gasteiger partial charge in [0.25, 0.3) is 0 Å². The predicted molar refractivity (Wildman–Crippen MR) is 71.9 cm³/mol. The van der Waals surface area contributed by atoms with Crippen LogP contribution in [0.5, 0.6) is 0 Å². The molecule has 0 aliphatic heterocycles. The molecule has 1 saturated carbocycles. The average molecular weight is 251 g/mol. The lowest BCUT2D eigenvalue weighted by Crippen LogP contribution is -2.38. The van der Waals surface area contributed by atoms with E-state index in [1.54, 1.807) is 12.5 Å². The topological polar surface area (TPSA) is 51.8 Å². The fraction of sp³-hybridized carbons (Fsp3) is 0.692. The van der Waals surface area contributed by atoms with Gasteiger partial charge in [0, 0.05) is 17.5 Å². The highest BCUT2D eigenvalue weighted by Gasteiger charge is 2.28. The third kappa shape index (κ3) is 3.68. The van der Waals surface area contributed by atoms with Crippen LogP contribution in [0.1, 0.15) is 39.0 Å². The van der Waals surface area contributed by atoms with Crippen LogP contribution in [0.25, 0.3) is 0 Å². The summed E-state index contributed by atoms with van der Waals surface area (Å²) in [5, 5.41) is 1.58. The van der Waals surface area contributed by atoms with E-state index in [2.05, 4.69) is 16.9 Å². The van der Waals surface area contributed by atoms with Crippen molar-refractivity contribution in [3.05, 3.63) is 18.6 Å². The summed E-state index contributed by atoms with van der Waals surface area (Å²) in [6.45, 7) is 2.26. The van der Waals surface area contributed by atoms with Crippen molar-refractivity contribution < 1.29 is 0 Å². The van der Waals surface area contributed by atoms with E-state index in [-0.39, 0.29) is 0 Å². The van der Waals surface area contributed by atoms with Gasteiger partial charge < -0.3 is 5.73 Å². The highest BCUT2D eigenvalue weighted by atomic mass is 32.2. The molecular weight excluding hydrogens is 230 g/mol. The summed E-state index contributed by atoms with van der Waals surface area (Å²) < 4.78 is 0. The molecule has 1 aromatic heterocycles. The van der Waals surface area contributed by atoms with Crippen molar-refractivity contribution in [1.29, 1.82) is 0 Å². The number of nitrogens with two attached hydrogens (primary N) is 1. The first-order valence-electron chi connectivity index (χ1n) is 6.48. The summed E-state index contributed by atoms with van der Waals surface area (Å²) in [7, 11) is 0. The lowest BCUT2D eigenvalue weighted by Gasteiger charge is -2.33. The van der Waals surface area contributed by atoms with Crippen LogP contribution < -0.4 is 5.73 Å². The van der Waals surface area contributed by atoms with Gasteiger partial charge in [-0.25, -0.2) is 9.97 Å². The third-order valence-corrected chi connectivity index (χ3v) is 4.80. The Morgan fingerprint density at radius 3 is 3.06 bits per heavy atom. The number of rotatable bonds is 4. The Bertz CT molecular complexity index is 331. The minimum absolute atomic E-state index is 0.322. The number of nitrogens with zero attached hydrogens (tertiary/aromatic N) is 2. The van der Waals surface area contributed by atoms with Crippen molar-refractivity contribution in [2.24, 2.45) is 11.7 Å². The minimum atomic E-state index is 0.322. The molecule has 2 N–H and O–H groups in total. The van der Waals surface area contributed by atoms with E-state index in [9.17, 15) is 0 Å². The number of aromatic nitrogens is 2. The van der Waals surface area contributed by atoms with Gasteiger partial charge in [-0.2, -0.15) is 0 Å². The monoisotopic (exact) mass is 251 g/mol. The van der Waals surface area contributed by atoms with Crippen molar-refractivity contribution in [1.82, 2.24) is 9.97 Å². The largest absolute Gasteiger partial charge is 0.327 e. The molecule has 0 bridgehead atoms. The number of hydrogen-bond acceptors (Lipinski definition) is 4. The predicted octanol–water partition coefficient (Wildman–Crippen LogP) is 2.86. The molecule has 1 heterocycles. The standard InChI is InChI=1S/C13H21N3S/c1-2-3-10-4-5-11(14)12(8-10)17-13-6-7-15-9-16-13/h6-7,9-12H,2-5,8,14H2,1H3. The molecule has 0 saturated heterocycles. The molecule has 17 heavy (non-hydrogen) atoms. The Morgan fingerprint density at radius 1 is 1.47 bits per heavy atom. The molecule has 3 atom stereocenters. The highest BCUT2D eigenvalue weighted by Crippen LogP contribution is 2.36. The molecule has 0 spiro atoms. The first-order valence-corrected chi connectivity index (χ1v) is 7.35. The molecule has 3 nitrogen and oxygen atoms in total. The van der Waals surface area contributed by atoms with Crippen molar-refractivity contribution in [2.75, 3.05) is 0 Å². The van der Waals surface area contributed by atoms with E-state index in [4.69, 9.17) is 5.73 Å². The van der Waals surface area contributed by atoms with Gasteiger partial charge in [0.05, 0.1) is 5.03 Å². The SMILES string of the molecule is CCCC1CCC(N)C(Sc2ccncn2)C1. The van der Waals surface area contributed by atoms with E-state index in [1.165, 1.54) is 25.7 Å². The van der Waals surface area contributed by atoms with Crippen LogP contribution in [-0.4, -0.2) is 21.3 Å². The van der Waals surface area contributed by atoms with Crippen LogP contribution in [0.4, 0.5) is 0 Å². The lowest BCUT2D eigenvalue weighted by atomic mass is 9.83. The van der Waals surface area contributed by atoms with Gasteiger partial charge in [-0.3, -0.25) is 0 Å². The van der Waals surface area contributed by atoms with Gasteiger partial charge in [-0.15, -0.1) is 11.8 Å². The molecule has 0 radical (unpaired) electrons. The maximum absolute atomic E-state index is 6.22. The second-order valence-electron chi connectivity index (χ2n) is 4.84. The van der Waals surface area contributed by atoms with E-state index in [0.29, 0.717) is 11.3 Å². The average Bonchev–Trinajstić information content (AvgIpc) is 2.35. The maximum Gasteiger partial charge on any atom is 0.116 e. The van der Waals surface area contributed by atoms with Crippen LogP contribution in [0, 0.1) is 5.92 Å². The smallest absolute Gasteiger partial charge is 0.116 e. The van der Waals surface area contributed by atoms with Gasteiger partial charge >= 0.3 is 0 Å². The molecular formula is C13H21N3S. The Morgan fingerprint density at radius 2 is 2.35 bits per heavy atom. The summed E-state index contributed by atoms with van der Waals surface area (Å²) in [6.07, 6.45) is 9.73. The first-order chi connectivity index (χ1) is 8.29. The van der Waals surface area contributed by atoms with Gasteiger partial charge in [0.2, 0.25) is 0 Å². The Kier molecular flexibility index (Phi) is 4.80. The van der Waals surface area contributed by atoms with Crippen LogP contribution in [0.3, 0.4) is 0 Å². The van der Waals surface area contributed by atoms with Crippen LogP contribution in [-0.2, 0) is 0 Å². The van der Waals surface area contributed by atoms with E-state index < -0.39 is 0 Å². The molecule has 3 unspecified atom stereocenters. The van der Waals surface area contributed by atoms with Gasteiger partial charge in [0.15, 0.2) is 0 Å². The molecule has 2 rings (SSSR count). The highest BCUT2D eigenvalue weighted by molar-refractivity contribution is 7.99. The zero-order valence-corrected chi connectivity index (χ0v) is 11.2. The quantitative estimate of drug-likeness (QED) is 0.836. The summed E-state index contributed by atoms with van der Waals surface area (Å²) in [5.41, 5.74) is 6.22. The molecule has 0 aromatic carbocycles. The van der Waals surface area contributed by atoms with Gasteiger partial charge in [-0.1, -0.05) is 19.8 Å². The minimum Gasteiger partial charge on any atom is -0.327 e. The van der Waals surface area contributed by atoms with E-state index in [1.807, 2.05) is 17.8 Å². The third-order valence-electron chi connectivity index (χ3n) is 3.48. The molecule has 1 aromatic rings. The first kappa shape index (κ1) is 12.8. The van der Waals surface area contributed by atoms with Crippen LogP contribution >= 0.6 is 11.8 Å². The van der Waals surface area contributed by atoms with Gasteiger partial charge in [0.1, 0.15) is 6.33 Å². The van der Waals surface area contributed by atoms with Crippen molar-refractivity contribution >= 4 is 11.8 Å². The van der Waals surface area contributed by atoms with Crippen molar-refractivity contribution in [2.45, 2.75) is 55.3 Å². The fourth-order valence-corrected chi connectivity index (χ4v) is 3.78. The Hall–Kier alpha value is -0.610. The van der Waals surface area contributed by atoms with E-state index >= 15 is 0 Å². The lowest BCUT2D eigenvalue weighted by molar-refractivity contribution is 0.316. The molecule has 1 fully saturated rings. The Balaban J connectivity index is 1.94. The maximum atomic E-state index is 6.22. The normalized spacial score (nSPS) is 29.2. The second-order valence-corrected chi connectivity index (χ2v) is 6.10. The number of thioether (sulfide) groups is 1. The number of hydrogen-bond donors (Lipinski definition) is 1. The molecule has 1 aliphatic carbocycles. The molecule has 1 aliphatic rings. The fourth-order valence-electron chi connectivity index (χ4n) is 2.54. The summed E-state index contributed by atoms with van der Waals surface area (Å²) in [5.74, 6) is 0.860. The zero-order valence-electron chi connectivity index (χ0n) is 10.4. The summed E-state index contributed by atoms with van der Waals surface area (Å²) in [4.78, 5) is 8.22. The van der Waals surface area contributed by atoms with Gasteiger partial charge in [-0.05, 0) is 31.2 Å².